The van der Waals surface area contributed by atoms with Crippen LogP contribution in [0.15, 0.2) is 24.3 Å². The van der Waals surface area contributed by atoms with E-state index in [-0.39, 0.29) is 19.0 Å². The van der Waals surface area contributed by atoms with Gasteiger partial charge in [0.05, 0.1) is 24.5 Å². The Kier molecular flexibility index (Phi) is 2.97. The Hall–Kier alpha value is -2.08. The Labute approximate surface area is 98.0 Å². The number of nitrogens with one attached hydrogen (secondary N) is 1. The van der Waals surface area contributed by atoms with Crippen LogP contribution < -0.4 is 16.0 Å². The average molecular weight is 235 g/mol. The molecule has 1 heterocycles. The van der Waals surface area contributed by atoms with Crippen molar-refractivity contribution in [3.63, 3.8) is 0 Å². The third-order valence-corrected chi connectivity index (χ3v) is 2.62. The van der Waals surface area contributed by atoms with Gasteiger partial charge in [-0.15, -0.1) is 0 Å². The van der Waals surface area contributed by atoms with Crippen LogP contribution in [0, 0.1) is 0 Å². The molecule has 2 rings (SSSR count). The monoisotopic (exact) mass is 235 g/mol. The van der Waals surface area contributed by atoms with Gasteiger partial charge < -0.3 is 21.1 Å². The lowest BCUT2D eigenvalue weighted by Gasteiger charge is -2.31. The van der Waals surface area contributed by atoms with Gasteiger partial charge in [-0.3, -0.25) is 9.59 Å². The van der Waals surface area contributed by atoms with Gasteiger partial charge in [-0.2, -0.15) is 0 Å². The van der Waals surface area contributed by atoms with E-state index in [1.54, 1.807) is 12.1 Å². The maximum absolute atomic E-state index is 11.7. The molecule has 0 saturated heterocycles. The predicted octanol–water partition coefficient (Wildman–Crippen LogP) is -0.143. The molecule has 0 aliphatic carbocycles. The van der Waals surface area contributed by atoms with E-state index in [0.717, 1.165) is 5.69 Å². The lowest BCUT2D eigenvalue weighted by molar-refractivity contribution is -0.138. The van der Waals surface area contributed by atoms with E-state index in [9.17, 15) is 9.59 Å². The van der Waals surface area contributed by atoms with Crippen molar-refractivity contribution < 1.29 is 14.7 Å². The first-order chi connectivity index (χ1) is 8.09. The number of fused-ring (bicyclic) bond motifs is 1. The lowest BCUT2D eigenvalue weighted by atomic mass is 10.1. The Morgan fingerprint density at radius 2 is 2.24 bits per heavy atom. The zero-order valence-electron chi connectivity index (χ0n) is 9.09. The molecule has 0 bridgehead atoms. The zero-order valence-corrected chi connectivity index (χ0v) is 9.09. The van der Waals surface area contributed by atoms with Crippen molar-refractivity contribution >= 4 is 23.3 Å². The van der Waals surface area contributed by atoms with E-state index in [4.69, 9.17) is 10.8 Å². The number of benzene rings is 1. The number of rotatable bonds is 3. The molecule has 17 heavy (non-hydrogen) atoms. The van der Waals surface area contributed by atoms with Crippen LogP contribution in [0.3, 0.4) is 0 Å². The molecule has 0 saturated carbocycles. The number of hydrogen-bond donors (Lipinski definition) is 3. The van der Waals surface area contributed by atoms with E-state index in [1.807, 2.05) is 12.1 Å². The quantitative estimate of drug-likeness (QED) is 0.677. The summed E-state index contributed by atoms with van der Waals surface area (Å²) in [7, 11) is 0. The number of carboxylic acids is 1. The SMILES string of the molecule is NC(CN1C(=O)CNc2ccccc21)C(=O)O. The molecule has 4 N–H and O–H groups in total. The zero-order chi connectivity index (χ0) is 12.4. The van der Waals surface area contributed by atoms with Gasteiger partial charge in [-0.05, 0) is 12.1 Å². The Morgan fingerprint density at radius 1 is 1.53 bits per heavy atom. The van der Waals surface area contributed by atoms with Crippen molar-refractivity contribution in [3.05, 3.63) is 24.3 Å². The summed E-state index contributed by atoms with van der Waals surface area (Å²) in [5.74, 6) is -1.30. The van der Waals surface area contributed by atoms with Crippen LogP contribution in [0.4, 0.5) is 11.4 Å². The van der Waals surface area contributed by atoms with Gasteiger partial charge in [-0.1, -0.05) is 12.1 Å². The van der Waals surface area contributed by atoms with Gasteiger partial charge in [0.15, 0.2) is 0 Å². The summed E-state index contributed by atoms with van der Waals surface area (Å²) in [4.78, 5) is 23.9. The van der Waals surface area contributed by atoms with Crippen molar-refractivity contribution in [1.29, 1.82) is 0 Å². The molecular weight excluding hydrogens is 222 g/mol. The standard InChI is InChI=1S/C11H13N3O3/c12-7(11(16)17)6-14-9-4-2-1-3-8(9)13-5-10(14)15/h1-4,7,13H,5-6,12H2,(H,16,17). The molecule has 1 aromatic rings. The van der Waals surface area contributed by atoms with E-state index in [0.29, 0.717) is 5.69 Å². The predicted molar refractivity (Wildman–Crippen MR) is 62.9 cm³/mol. The third-order valence-electron chi connectivity index (χ3n) is 2.62. The third kappa shape index (κ3) is 2.21. The van der Waals surface area contributed by atoms with Crippen molar-refractivity contribution in [1.82, 2.24) is 0 Å². The fourth-order valence-electron chi connectivity index (χ4n) is 1.73. The van der Waals surface area contributed by atoms with Crippen LogP contribution >= 0.6 is 0 Å². The number of anilines is 2. The molecule has 1 unspecified atom stereocenters. The van der Waals surface area contributed by atoms with Crippen molar-refractivity contribution in [2.75, 3.05) is 23.3 Å². The highest BCUT2D eigenvalue weighted by molar-refractivity contribution is 6.03. The second-order valence-corrected chi connectivity index (χ2v) is 3.82. The lowest BCUT2D eigenvalue weighted by Crippen LogP contribution is -2.49. The molecule has 0 aromatic heterocycles. The first-order valence-electron chi connectivity index (χ1n) is 5.21. The van der Waals surface area contributed by atoms with Crippen LogP contribution in [0.5, 0.6) is 0 Å². The molecule has 1 aliphatic heterocycles. The number of para-hydroxylation sites is 2. The van der Waals surface area contributed by atoms with Crippen LogP contribution in [0.25, 0.3) is 0 Å². The number of carboxylic acid groups (broad SMARTS) is 1. The summed E-state index contributed by atoms with van der Waals surface area (Å²) < 4.78 is 0. The highest BCUT2D eigenvalue weighted by Crippen LogP contribution is 2.28. The van der Waals surface area contributed by atoms with Gasteiger partial charge in [-0.25, -0.2) is 0 Å². The minimum Gasteiger partial charge on any atom is -0.480 e. The molecule has 0 fully saturated rings. The molecule has 1 atom stereocenters. The largest absolute Gasteiger partial charge is 0.480 e. The minimum atomic E-state index is -1.12. The van der Waals surface area contributed by atoms with Crippen LogP contribution in [0.1, 0.15) is 0 Å². The first kappa shape index (κ1) is 11.4. The molecule has 6 heteroatoms. The number of amides is 1. The van der Waals surface area contributed by atoms with Crippen molar-refractivity contribution in [2.24, 2.45) is 5.73 Å². The molecular formula is C11H13N3O3. The Bertz CT molecular complexity index is 461. The number of hydrogen-bond acceptors (Lipinski definition) is 4. The van der Waals surface area contributed by atoms with Gasteiger partial charge in [0.1, 0.15) is 6.04 Å². The van der Waals surface area contributed by atoms with Crippen LogP contribution in [0.2, 0.25) is 0 Å². The summed E-state index contributed by atoms with van der Waals surface area (Å²) in [5.41, 5.74) is 6.93. The molecule has 0 radical (unpaired) electrons. The number of aliphatic carboxylic acids is 1. The molecule has 1 aliphatic rings. The van der Waals surface area contributed by atoms with Gasteiger partial charge in [0.25, 0.3) is 0 Å². The summed E-state index contributed by atoms with van der Waals surface area (Å²) in [6.07, 6.45) is 0. The van der Waals surface area contributed by atoms with Gasteiger partial charge in [0.2, 0.25) is 5.91 Å². The maximum atomic E-state index is 11.7. The van der Waals surface area contributed by atoms with Gasteiger partial charge >= 0.3 is 5.97 Å². The van der Waals surface area contributed by atoms with Gasteiger partial charge in [0, 0.05) is 0 Å². The highest BCUT2D eigenvalue weighted by Gasteiger charge is 2.26. The van der Waals surface area contributed by atoms with Crippen LogP contribution in [-0.4, -0.2) is 36.1 Å². The summed E-state index contributed by atoms with van der Waals surface area (Å²) in [6.45, 7) is 0.135. The second kappa shape index (κ2) is 4.42. The first-order valence-corrected chi connectivity index (χ1v) is 5.21. The summed E-state index contributed by atoms with van der Waals surface area (Å²) in [5, 5.41) is 11.7. The number of nitrogens with two attached hydrogens (primary N) is 1. The fourth-order valence-corrected chi connectivity index (χ4v) is 1.73. The summed E-state index contributed by atoms with van der Waals surface area (Å²) in [6, 6.07) is 6.15. The second-order valence-electron chi connectivity index (χ2n) is 3.82. The van der Waals surface area contributed by atoms with Crippen LogP contribution in [-0.2, 0) is 9.59 Å². The summed E-state index contributed by atoms with van der Waals surface area (Å²) >= 11 is 0. The highest BCUT2D eigenvalue weighted by atomic mass is 16.4. The van der Waals surface area contributed by atoms with Crippen molar-refractivity contribution in [3.8, 4) is 0 Å². The Balaban J connectivity index is 2.27. The fraction of sp³-hybridized carbons (Fsp3) is 0.273. The molecule has 6 nitrogen and oxygen atoms in total. The number of carbonyl (C=O) groups excluding carboxylic acids is 1. The minimum absolute atomic E-state index is 0.0210. The Morgan fingerprint density at radius 3 is 2.94 bits per heavy atom. The maximum Gasteiger partial charge on any atom is 0.322 e. The normalized spacial score (nSPS) is 16.1. The van der Waals surface area contributed by atoms with E-state index >= 15 is 0 Å². The number of nitrogens with zero attached hydrogens (tertiary/aromatic N) is 1. The van der Waals surface area contributed by atoms with Crippen molar-refractivity contribution in [2.45, 2.75) is 6.04 Å². The van der Waals surface area contributed by atoms with E-state index in [1.165, 1.54) is 4.90 Å². The number of carbonyl (C=O) groups is 2. The molecule has 1 aromatic carbocycles. The molecule has 90 valence electrons. The average Bonchev–Trinajstić information content (AvgIpc) is 2.32. The molecule has 1 amide bonds. The topological polar surface area (TPSA) is 95.7 Å². The van der Waals surface area contributed by atoms with E-state index in [2.05, 4.69) is 5.32 Å². The smallest absolute Gasteiger partial charge is 0.322 e. The molecule has 0 spiro atoms. The van der Waals surface area contributed by atoms with E-state index < -0.39 is 12.0 Å².